The van der Waals surface area contributed by atoms with Crippen LogP contribution in [-0.4, -0.2) is 16.7 Å². The summed E-state index contributed by atoms with van der Waals surface area (Å²) in [6, 6.07) is 3.26. The van der Waals surface area contributed by atoms with Gasteiger partial charge in [0.15, 0.2) is 0 Å². The fourth-order valence-corrected chi connectivity index (χ4v) is 1.17. The highest BCUT2D eigenvalue weighted by Crippen LogP contribution is 2.23. The molecule has 1 aromatic rings. The molecule has 72 valence electrons. The first-order valence-corrected chi connectivity index (χ1v) is 4.17. The molecule has 0 fully saturated rings. The molecule has 0 spiro atoms. The van der Waals surface area contributed by atoms with E-state index in [2.05, 4.69) is 4.98 Å². The molecule has 0 amide bonds. The van der Waals surface area contributed by atoms with Crippen LogP contribution in [0.5, 0.6) is 0 Å². The minimum atomic E-state index is -0.873. The third kappa shape index (κ3) is 2.09. The predicted molar refractivity (Wildman–Crippen MR) is 52.3 cm³/mol. The Morgan fingerprint density at radius 1 is 1.62 bits per heavy atom. The summed E-state index contributed by atoms with van der Waals surface area (Å²) in [5, 5.41) is 9.31. The molecular weight excluding hydrogens is 190 g/mol. The molecule has 0 aliphatic heterocycles. The largest absolute Gasteiger partial charge is 0.394 e. The van der Waals surface area contributed by atoms with E-state index in [9.17, 15) is 0 Å². The molecule has 0 bridgehead atoms. The number of halogens is 1. The van der Waals surface area contributed by atoms with Crippen LogP contribution in [0.15, 0.2) is 12.1 Å². The molecule has 1 unspecified atom stereocenters. The summed E-state index contributed by atoms with van der Waals surface area (Å²) in [5.41, 5.74) is 11.1. The number of hydrogen-bond acceptors (Lipinski definition) is 4. The van der Waals surface area contributed by atoms with Crippen LogP contribution in [0.25, 0.3) is 0 Å². The number of aliphatic hydroxyl groups excluding tert-OH is 1. The van der Waals surface area contributed by atoms with Crippen LogP contribution in [-0.2, 0) is 5.54 Å². The number of anilines is 1. The van der Waals surface area contributed by atoms with E-state index in [1.165, 1.54) is 0 Å². The first-order chi connectivity index (χ1) is 5.97. The van der Waals surface area contributed by atoms with E-state index in [0.29, 0.717) is 10.7 Å². The number of aromatic nitrogens is 1. The van der Waals surface area contributed by atoms with Crippen LogP contribution in [0.3, 0.4) is 0 Å². The summed E-state index contributed by atoms with van der Waals surface area (Å²) in [6.07, 6.45) is 0. The first-order valence-electron chi connectivity index (χ1n) is 3.79. The number of pyridine rings is 1. The van der Waals surface area contributed by atoms with E-state index in [0.717, 1.165) is 0 Å². The zero-order valence-electron chi connectivity index (χ0n) is 7.29. The highest BCUT2D eigenvalue weighted by Gasteiger charge is 2.23. The lowest BCUT2D eigenvalue weighted by Gasteiger charge is -2.23. The highest BCUT2D eigenvalue weighted by atomic mass is 35.5. The van der Waals surface area contributed by atoms with E-state index in [1.807, 2.05) is 0 Å². The Morgan fingerprint density at radius 3 is 2.69 bits per heavy atom. The molecular formula is C8H12ClN3O. The third-order valence-corrected chi connectivity index (χ3v) is 2.04. The molecule has 1 atom stereocenters. The lowest BCUT2D eigenvalue weighted by Crippen LogP contribution is -2.37. The maximum absolute atomic E-state index is 9.00. The van der Waals surface area contributed by atoms with Gasteiger partial charge < -0.3 is 16.6 Å². The summed E-state index contributed by atoms with van der Waals surface area (Å²) in [4.78, 5) is 3.84. The van der Waals surface area contributed by atoms with Crippen molar-refractivity contribution in [1.82, 2.24) is 4.98 Å². The van der Waals surface area contributed by atoms with Crippen molar-refractivity contribution in [2.75, 3.05) is 12.3 Å². The Hall–Kier alpha value is -0.840. The zero-order valence-corrected chi connectivity index (χ0v) is 8.04. The van der Waals surface area contributed by atoms with Crippen molar-refractivity contribution in [3.8, 4) is 0 Å². The molecule has 0 saturated heterocycles. The molecule has 0 saturated carbocycles. The molecule has 1 heterocycles. The molecule has 5 N–H and O–H groups in total. The molecule has 0 aliphatic rings. The second-order valence-corrected chi connectivity index (χ2v) is 3.53. The second kappa shape index (κ2) is 3.49. The number of rotatable bonds is 2. The Labute approximate surface area is 81.5 Å². The van der Waals surface area contributed by atoms with Crippen molar-refractivity contribution in [3.63, 3.8) is 0 Å². The van der Waals surface area contributed by atoms with Gasteiger partial charge in [0.2, 0.25) is 0 Å². The van der Waals surface area contributed by atoms with Gasteiger partial charge in [-0.3, -0.25) is 0 Å². The SMILES string of the molecule is CC(N)(CO)c1ccc(Cl)nc1N. The average molecular weight is 202 g/mol. The van der Waals surface area contributed by atoms with Gasteiger partial charge in [-0.1, -0.05) is 17.7 Å². The lowest BCUT2D eigenvalue weighted by molar-refractivity contribution is 0.210. The highest BCUT2D eigenvalue weighted by molar-refractivity contribution is 6.29. The van der Waals surface area contributed by atoms with E-state index in [4.69, 9.17) is 28.2 Å². The van der Waals surface area contributed by atoms with Crippen molar-refractivity contribution in [2.24, 2.45) is 5.73 Å². The van der Waals surface area contributed by atoms with E-state index in [1.54, 1.807) is 19.1 Å². The van der Waals surface area contributed by atoms with Gasteiger partial charge in [0, 0.05) is 5.56 Å². The normalized spacial score (nSPS) is 15.4. The molecule has 0 aromatic carbocycles. The van der Waals surface area contributed by atoms with Gasteiger partial charge in [0.25, 0.3) is 0 Å². The fourth-order valence-electron chi connectivity index (χ4n) is 1.02. The summed E-state index contributed by atoms with van der Waals surface area (Å²) in [6.45, 7) is 1.48. The Balaban J connectivity index is 3.16. The molecule has 0 aliphatic carbocycles. The number of nitrogens with zero attached hydrogens (tertiary/aromatic N) is 1. The van der Waals surface area contributed by atoms with Crippen molar-refractivity contribution >= 4 is 17.4 Å². The average Bonchev–Trinajstić information content (AvgIpc) is 2.03. The fraction of sp³-hybridized carbons (Fsp3) is 0.375. The zero-order chi connectivity index (χ0) is 10.1. The monoisotopic (exact) mass is 201 g/mol. The third-order valence-electron chi connectivity index (χ3n) is 1.83. The van der Waals surface area contributed by atoms with Crippen molar-refractivity contribution in [3.05, 3.63) is 22.8 Å². The molecule has 13 heavy (non-hydrogen) atoms. The van der Waals surface area contributed by atoms with Crippen LogP contribution >= 0.6 is 11.6 Å². The van der Waals surface area contributed by atoms with Gasteiger partial charge >= 0.3 is 0 Å². The van der Waals surface area contributed by atoms with Crippen LogP contribution < -0.4 is 11.5 Å². The van der Waals surface area contributed by atoms with Gasteiger partial charge in [0.05, 0.1) is 12.1 Å². The minimum Gasteiger partial charge on any atom is -0.394 e. The van der Waals surface area contributed by atoms with Crippen LogP contribution in [0.4, 0.5) is 5.82 Å². The van der Waals surface area contributed by atoms with Crippen molar-refractivity contribution in [1.29, 1.82) is 0 Å². The maximum atomic E-state index is 9.00. The lowest BCUT2D eigenvalue weighted by atomic mass is 9.95. The van der Waals surface area contributed by atoms with Gasteiger partial charge in [0.1, 0.15) is 11.0 Å². The van der Waals surface area contributed by atoms with E-state index in [-0.39, 0.29) is 12.4 Å². The Bertz CT molecular complexity index is 314. The van der Waals surface area contributed by atoms with Crippen LogP contribution in [0.2, 0.25) is 5.15 Å². The molecule has 4 nitrogen and oxygen atoms in total. The smallest absolute Gasteiger partial charge is 0.131 e. The number of hydrogen-bond donors (Lipinski definition) is 3. The number of aliphatic hydroxyl groups is 1. The van der Waals surface area contributed by atoms with Gasteiger partial charge in [-0.05, 0) is 13.0 Å². The topological polar surface area (TPSA) is 85.2 Å². The maximum Gasteiger partial charge on any atom is 0.131 e. The molecule has 1 aromatic heterocycles. The van der Waals surface area contributed by atoms with Gasteiger partial charge in [-0.2, -0.15) is 0 Å². The standard InChI is InChI=1S/C8H12ClN3O/c1-8(11,4-13)5-2-3-6(9)12-7(5)10/h2-3,13H,4,11H2,1H3,(H2,10,12). The summed E-state index contributed by atoms with van der Waals surface area (Å²) in [7, 11) is 0. The predicted octanol–water partition coefficient (Wildman–Crippen LogP) is 0.483. The Kier molecular flexibility index (Phi) is 2.75. The van der Waals surface area contributed by atoms with Gasteiger partial charge in [-0.25, -0.2) is 4.98 Å². The van der Waals surface area contributed by atoms with Crippen molar-refractivity contribution in [2.45, 2.75) is 12.5 Å². The van der Waals surface area contributed by atoms with Crippen molar-refractivity contribution < 1.29 is 5.11 Å². The number of nitrogens with two attached hydrogens (primary N) is 2. The van der Waals surface area contributed by atoms with Crippen LogP contribution in [0.1, 0.15) is 12.5 Å². The molecule has 1 rings (SSSR count). The summed E-state index contributed by atoms with van der Waals surface area (Å²) < 4.78 is 0. The summed E-state index contributed by atoms with van der Waals surface area (Å²) in [5.74, 6) is 0.256. The molecule has 0 radical (unpaired) electrons. The first kappa shape index (κ1) is 10.2. The second-order valence-electron chi connectivity index (χ2n) is 3.14. The molecule has 5 heteroatoms. The van der Waals surface area contributed by atoms with E-state index >= 15 is 0 Å². The summed E-state index contributed by atoms with van der Waals surface area (Å²) >= 11 is 5.62. The Morgan fingerprint density at radius 2 is 2.23 bits per heavy atom. The minimum absolute atomic E-state index is 0.194. The van der Waals surface area contributed by atoms with E-state index < -0.39 is 5.54 Å². The van der Waals surface area contributed by atoms with Gasteiger partial charge in [-0.15, -0.1) is 0 Å². The quantitative estimate of drug-likeness (QED) is 0.608. The number of nitrogen functional groups attached to an aromatic ring is 1. The van der Waals surface area contributed by atoms with Crippen LogP contribution in [0, 0.1) is 0 Å².